The zero-order chi connectivity index (χ0) is 13.2. The summed E-state index contributed by atoms with van der Waals surface area (Å²) in [5.41, 5.74) is 7.60. The molecule has 0 amide bonds. The van der Waals surface area contributed by atoms with Gasteiger partial charge in [0.2, 0.25) is 0 Å². The Labute approximate surface area is 114 Å². The van der Waals surface area contributed by atoms with Crippen LogP contribution in [0.1, 0.15) is 44.1 Å². The highest BCUT2D eigenvalue weighted by molar-refractivity contribution is 5.50. The van der Waals surface area contributed by atoms with Gasteiger partial charge in [-0.05, 0) is 55.4 Å². The molecule has 19 heavy (non-hydrogen) atoms. The summed E-state index contributed by atoms with van der Waals surface area (Å²) in [7, 11) is 0. The number of hydrogen-bond donors (Lipinski definition) is 1. The molecule has 0 aromatic heterocycles. The fraction of sp³-hybridized carbons (Fsp3) is 0.625. The third kappa shape index (κ3) is 2.62. The number of rotatable bonds is 2. The zero-order valence-corrected chi connectivity index (χ0v) is 11.4. The smallest absolute Gasteiger partial charge is 0.125 e. The summed E-state index contributed by atoms with van der Waals surface area (Å²) >= 11 is 0. The molecule has 104 valence electrons. The molecule has 3 heteroatoms. The van der Waals surface area contributed by atoms with Crippen LogP contribution in [0, 0.1) is 11.7 Å². The molecule has 2 N–H and O–H groups in total. The first-order valence-electron chi connectivity index (χ1n) is 7.54. The van der Waals surface area contributed by atoms with E-state index in [9.17, 15) is 4.39 Å². The summed E-state index contributed by atoms with van der Waals surface area (Å²) in [5, 5.41) is 0. The van der Waals surface area contributed by atoms with E-state index in [2.05, 4.69) is 11.0 Å². The van der Waals surface area contributed by atoms with Gasteiger partial charge < -0.3 is 10.6 Å². The maximum atomic E-state index is 13.7. The SMILES string of the molecule is NCc1cc(F)cc(N2CCC[C@H]3CCCC[C@H]32)c1. The molecular weight excluding hydrogens is 239 g/mol. The summed E-state index contributed by atoms with van der Waals surface area (Å²) in [6.07, 6.45) is 7.87. The Kier molecular flexibility index (Phi) is 3.74. The minimum Gasteiger partial charge on any atom is -0.368 e. The summed E-state index contributed by atoms with van der Waals surface area (Å²) < 4.78 is 13.7. The lowest BCUT2D eigenvalue weighted by Gasteiger charge is -2.45. The van der Waals surface area contributed by atoms with Crippen molar-refractivity contribution < 1.29 is 4.39 Å². The largest absolute Gasteiger partial charge is 0.368 e. The van der Waals surface area contributed by atoms with Crippen LogP contribution in [-0.4, -0.2) is 12.6 Å². The van der Waals surface area contributed by atoms with Crippen molar-refractivity contribution in [1.82, 2.24) is 0 Å². The molecule has 1 saturated carbocycles. The van der Waals surface area contributed by atoms with Crippen LogP contribution in [-0.2, 0) is 6.54 Å². The van der Waals surface area contributed by atoms with Crippen molar-refractivity contribution in [3.05, 3.63) is 29.6 Å². The monoisotopic (exact) mass is 262 g/mol. The van der Waals surface area contributed by atoms with Crippen molar-refractivity contribution in [3.63, 3.8) is 0 Å². The molecule has 0 spiro atoms. The second-order valence-electron chi connectivity index (χ2n) is 5.97. The average molecular weight is 262 g/mol. The topological polar surface area (TPSA) is 29.3 Å². The normalized spacial score (nSPS) is 27.2. The molecule has 2 nitrogen and oxygen atoms in total. The maximum Gasteiger partial charge on any atom is 0.125 e. The predicted octanol–water partition coefficient (Wildman–Crippen LogP) is 3.44. The van der Waals surface area contributed by atoms with E-state index in [0.29, 0.717) is 12.6 Å². The van der Waals surface area contributed by atoms with E-state index in [-0.39, 0.29) is 5.82 Å². The number of nitrogens with two attached hydrogens (primary N) is 1. The Morgan fingerprint density at radius 2 is 1.89 bits per heavy atom. The Bertz CT molecular complexity index is 444. The van der Waals surface area contributed by atoms with Gasteiger partial charge in [-0.3, -0.25) is 0 Å². The average Bonchev–Trinajstić information content (AvgIpc) is 2.46. The molecule has 2 aliphatic rings. The number of fused-ring (bicyclic) bond motifs is 1. The Balaban J connectivity index is 1.89. The van der Waals surface area contributed by atoms with Crippen LogP contribution in [0.15, 0.2) is 18.2 Å². The lowest BCUT2D eigenvalue weighted by atomic mass is 9.78. The number of piperidine rings is 1. The van der Waals surface area contributed by atoms with Gasteiger partial charge in [-0.25, -0.2) is 4.39 Å². The highest BCUT2D eigenvalue weighted by atomic mass is 19.1. The number of hydrogen-bond acceptors (Lipinski definition) is 2. The quantitative estimate of drug-likeness (QED) is 0.884. The summed E-state index contributed by atoms with van der Waals surface area (Å²) in [5.74, 6) is 0.656. The molecule has 2 atom stereocenters. The molecule has 1 aliphatic carbocycles. The molecular formula is C16H23FN2. The Morgan fingerprint density at radius 3 is 2.74 bits per heavy atom. The van der Waals surface area contributed by atoms with Crippen molar-refractivity contribution in [1.29, 1.82) is 0 Å². The first-order chi connectivity index (χ1) is 9.28. The van der Waals surface area contributed by atoms with Gasteiger partial charge in [0, 0.05) is 24.8 Å². The Hall–Kier alpha value is -1.09. The van der Waals surface area contributed by atoms with Crippen molar-refractivity contribution in [3.8, 4) is 0 Å². The van der Waals surface area contributed by atoms with Crippen LogP contribution in [0.3, 0.4) is 0 Å². The van der Waals surface area contributed by atoms with Gasteiger partial charge in [0.25, 0.3) is 0 Å². The molecule has 3 rings (SSSR count). The second kappa shape index (κ2) is 5.49. The van der Waals surface area contributed by atoms with Gasteiger partial charge in [-0.2, -0.15) is 0 Å². The molecule has 0 unspecified atom stereocenters. The summed E-state index contributed by atoms with van der Waals surface area (Å²) in [4.78, 5) is 2.44. The van der Waals surface area contributed by atoms with Crippen LogP contribution < -0.4 is 10.6 Å². The minimum absolute atomic E-state index is 0.157. The standard InChI is InChI=1S/C16H23FN2/c17-14-8-12(11-18)9-15(10-14)19-7-3-5-13-4-1-2-6-16(13)19/h8-10,13,16H,1-7,11,18H2/t13-,16-/m1/s1. The summed E-state index contributed by atoms with van der Waals surface area (Å²) in [6, 6.07) is 5.91. The van der Waals surface area contributed by atoms with Gasteiger partial charge >= 0.3 is 0 Å². The molecule has 0 radical (unpaired) electrons. The van der Waals surface area contributed by atoms with Crippen LogP contribution >= 0.6 is 0 Å². The fourth-order valence-corrected chi connectivity index (χ4v) is 3.86. The molecule has 1 heterocycles. The van der Waals surface area contributed by atoms with Gasteiger partial charge in [0.1, 0.15) is 5.82 Å². The van der Waals surface area contributed by atoms with Crippen LogP contribution in [0.25, 0.3) is 0 Å². The van der Waals surface area contributed by atoms with Crippen LogP contribution in [0.4, 0.5) is 10.1 Å². The van der Waals surface area contributed by atoms with Crippen molar-refractivity contribution in [2.24, 2.45) is 11.7 Å². The minimum atomic E-state index is -0.157. The fourth-order valence-electron chi connectivity index (χ4n) is 3.86. The van der Waals surface area contributed by atoms with E-state index < -0.39 is 0 Å². The molecule has 2 fully saturated rings. The molecule has 1 saturated heterocycles. The van der Waals surface area contributed by atoms with E-state index in [0.717, 1.165) is 23.7 Å². The molecule has 1 aliphatic heterocycles. The lowest BCUT2D eigenvalue weighted by Crippen LogP contribution is -2.47. The van der Waals surface area contributed by atoms with Gasteiger partial charge in [-0.1, -0.05) is 12.8 Å². The molecule has 1 aromatic carbocycles. The lowest BCUT2D eigenvalue weighted by molar-refractivity contribution is 0.243. The van der Waals surface area contributed by atoms with E-state index in [1.807, 2.05) is 0 Å². The van der Waals surface area contributed by atoms with Crippen LogP contribution in [0.5, 0.6) is 0 Å². The van der Waals surface area contributed by atoms with Crippen molar-refractivity contribution >= 4 is 5.69 Å². The van der Waals surface area contributed by atoms with E-state index in [1.165, 1.54) is 38.5 Å². The van der Waals surface area contributed by atoms with Gasteiger partial charge in [-0.15, -0.1) is 0 Å². The van der Waals surface area contributed by atoms with Crippen molar-refractivity contribution in [2.75, 3.05) is 11.4 Å². The second-order valence-corrected chi connectivity index (χ2v) is 5.97. The number of anilines is 1. The zero-order valence-electron chi connectivity index (χ0n) is 11.4. The van der Waals surface area contributed by atoms with E-state index in [4.69, 9.17) is 5.73 Å². The first kappa shape index (κ1) is 12.9. The van der Waals surface area contributed by atoms with Gasteiger partial charge in [0.05, 0.1) is 0 Å². The third-order valence-electron chi connectivity index (χ3n) is 4.75. The number of nitrogens with zero attached hydrogens (tertiary/aromatic N) is 1. The Morgan fingerprint density at radius 1 is 1.11 bits per heavy atom. The van der Waals surface area contributed by atoms with Crippen LogP contribution in [0.2, 0.25) is 0 Å². The highest BCUT2D eigenvalue weighted by Gasteiger charge is 2.33. The van der Waals surface area contributed by atoms with Crippen molar-refractivity contribution in [2.45, 2.75) is 51.1 Å². The highest BCUT2D eigenvalue weighted by Crippen LogP contribution is 2.38. The molecule has 0 bridgehead atoms. The third-order valence-corrected chi connectivity index (χ3v) is 4.75. The van der Waals surface area contributed by atoms with Gasteiger partial charge in [0.15, 0.2) is 0 Å². The first-order valence-corrected chi connectivity index (χ1v) is 7.54. The number of benzene rings is 1. The van der Waals surface area contributed by atoms with E-state index in [1.54, 1.807) is 12.1 Å². The molecule has 1 aromatic rings. The van der Waals surface area contributed by atoms with E-state index >= 15 is 0 Å². The predicted molar refractivity (Wildman–Crippen MR) is 76.6 cm³/mol. The summed E-state index contributed by atoms with van der Waals surface area (Å²) in [6.45, 7) is 1.47. The maximum absolute atomic E-state index is 13.7. The number of halogens is 1.